The largest absolute Gasteiger partial charge is 0.440 e. The Balaban J connectivity index is 2.32. The van der Waals surface area contributed by atoms with Crippen molar-refractivity contribution in [3.8, 4) is 0 Å². The molecule has 0 aromatic carbocycles. The molecule has 0 atom stereocenters. The van der Waals surface area contributed by atoms with Gasteiger partial charge in [-0.05, 0) is 7.05 Å². The molecule has 0 fully saturated rings. The molecule has 0 amide bonds. The van der Waals surface area contributed by atoms with Crippen LogP contribution in [0.25, 0.3) is 0 Å². The van der Waals surface area contributed by atoms with Gasteiger partial charge < -0.3 is 9.67 Å². The molecule has 1 aromatic heterocycles. The average molecular weight is 168 g/mol. The van der Waals surface area contributed by atoms with Gasteiger partial charge in [0.2, 0.25) is 6.61 Å². The zero-order chi connectivity index (χ0) is 8.55. The van der Waals surface area contributed by atoms with Gasteiger partial charge in [-0.25, -0.2) is 4.98 Å². The van der Waals surface area contributed by atoms with Crippen LogP contribution in [0.5, 0.6) is 0 Å². The minimum atomic E-state index is 0.295. The first-order chi connectivity index (χ1) is 5.81. The van der Waals surface area contributed by atoms with Gasteiger partial charge in [-0.2, -0.15) is 0 Å². The summed E-state index contributed by atoms with van der Waals surface area (Å²) in [6, 6.07) is 0. The van der Waals surface area contributed by atoms with Gasteiger partial charge in [-0.3, -0.25) is 4.90 Å². The summed E-state index contributed by atoms with van der Waals surface area (Å²) in [6.45, 7) is 3.31. The molecule has 2 heterocycles. The Morgan fingerprint density at radius 1 is 1.58 bits per heavy atom. The summed E-state index contributed by atoms with van der Waals surface area (Å²) < 4.78 is 2.16. The number of hydrogen-bond acceptors (Lipinski definition) is 2. The Bertz CT molecular complexity index is 282. The van der Waals surface area contributed by atoms with Gasteiger partial charge in [0, 0.05) is 19.6 Å². The lowest BCUT2D eigenvalue weighted by Crippen LogP contribution is -2.30. The first kappa shape index (κ1) is 7.76. The van der Waals surface area contributed by atoms with E-state index in [4.69, 9.17) is 5.11 Å². The topological polar surface area (TPSA) is 44.0 Å². The van der Waals surface area contributed by atoms with E-state index >= 15 is 0 Å². The second-order valence-corrected chi connectivity index (χ2v) is 3.23. The molecule has 1 aromatic rings. The first-order valence-electron chi connectivity index (χ1n) is 4.17. The molecule has 4 heteroatoms. The lowest BCUT2D eigenvalue weighted by atomic mass is 10.3. The maximum Gasteiger partial charge on any atom is 0.203 e. The Morgan fingerprint density at radius 2 is 2.42 bits per heavy atom. The van der Waals surface area contributed by atoms with E-state index in [0.717, 1.165) is 25.5 Å². The summed E-state index contributed by atoms with van der Waals surface area (Å²) in [7, 11) is 2.11. The summed E-state index contributed by atoms with van der Waals surface area (Å²) >= 11 is 0. The van der Waals surface area contributed by atoms with Crippen molar-refractivity contribution in [3.05, 3.63) is 17.7 Å². The molecule has 0 bridgehead atoms. The number of hydrogen-bond donors (Lipinski definition) is 0. The van der Waals surface area contributed by atoms with Crippen molar-refractivity contribution < 1.29 is 5.11 Å². The number of likely N-dealkylation sites (N-methyl/N-ethyl adjacent to an activating group) is 1. The second-order valence-electron chi connectivity index (χ2n) is 3.23. The number of imidazole rings is 1. The fourth-order valence-electron chi connectivity index (χ4n) is 1.62. The van der Waals surface area contributed by atoms with Crippen molar-refractivity contribution in [2.75, 3.05) is 13.6 Å². The molecule has 12 heavy (non-hydrogen) atoms. The number of nitrogens with zero attached hydrogens (tertiary/aromatic N) is 3. The van der Waals surface area contributed by atoms with Crippen LogP contribution < -0.4 is 0 Å². The molecular formula is C8H14N3O+. The summed E-state index contributed by atoms with van der Waals surface area (Å²) in [5, 5.41) is 7.25. The Morgan fingerprint density at radius 3 is 3.17 bits per heavy atom. The molecule has 0 unspecified atom stereocenters. The van der Waals surface area contributed by atoms with Crippen LogP contribution in [-0.2, 0) is 19.7 Å². The maximum atomic E-state index is 7.25. The summed E-state index contributed by atoms with van der Waals surface area (Å²) in [6.07, 6.45) is 1.89. The zero-order valence-electron chi connectivity index (χ0n) is 7.25. The molecule has 1 aliphatic heterocycles. The van der Waals surface area contributed by atoms with Crippen molar-refractivity contribution in [1.82, 2.24) is 14.5 Å². The lowest BCUT2D eigenvalue weighted by Gasteiger charge is -2.24. The second kappa shape index (κ2) is 2.88. The van der Waals surface area contributed by atoms with Crippen LogP contribution in [0.2, 0.25) is 0 Å². The van der Waals surface area contributed by atoms with E-state index in [2.05, 4.69) is 21.5 Å². The van der Waals surface area contributed by atoms with Gasteiger partial charge in [0.25, 0.3) is 0 Å². The van der Waals surface area contributed by atoms with Crippen molar-refractivity contribution in [2.24, 2.45) is 0 Å². The minimum Gasteiger partial charge on any atom is -0.440 e. The van der Waals surface area contributed by atoms with Crippen LogP contribution in [0, 0.1) is 0 Å². The van der Waals surface area contributed by atoms with Gasteiger partial charge in [0.1, 0.15) is 0 Å². The van der Waals surface area contributed by atoms with E-state index < -0.39 is 0 Å². The van der Waals surface area contributed by atoms with E-state index in [1.54, 1.807) is 0 Å². The predicted molar refractivity (Wildman–Crippen MR) is 45.9 cm³/mol. The SMILES string of the molecule is CN1CCn2c(cnc2C[OH2+])C1. The highest BCUT2D eigenvalue weighted by atomic mass is 16.3. The lowest BCUT2D eigenvalue weighted by molar-refractivity contribution is 0.238. The van der Waals surface area contributed by atoms with Crippen molar-refractivity contribution in [1.29, 1.82) is 0 Å². The highest BCUT2D eigenvalue weighted by Crippen LogP contribution is 2.12. The normalized spacial score (nSPS) is 17.8. The van der Waals surface area contributed by atoms with Gasteiger partial charge >= 0.3 is 0 Å². The summed E-state index contributed by atoms with van der Waals surface area (Å²) in [4.78, 5) is 6.47. The van der Waals surface area contributed by atoms with E-state index in [1.807, 2.05) is 6.20 Å². The van der Waals surface area contributed by atoms with E-state index in [1.165, 1.54) is 5.69 Å². The smallest absolute Gasteiger partial charge is 0.203 e. The molecule has 0 saturated heterocycles. The standard InChI is InChI=1S/C8H13N3O/c1-10-2-3-11-7(5-10)4-9-8(11)6-12/h4,12H,2-3,5-6H2,1H3/p+1. The fraction of sp³-hybridized carbons (Fsp3) is 0.625. The molecule has 4 nitrogen and oxygen atoms in total. The number of aromatic nitrogens is 2. The van der Waals surface area contributed by atoms with Crippen molar-refractivity contribution in [2.45, 2.75) is 19.7 Å². The van der Waals surface area contributed by atoms with Gasteiger partial charge in [0.05, 0.1) is 11.9 Å². The molecular weight excluding hydrogens is 154 g/mol. The van der Waals surface area contributed by atoms with E-state index in [-0.39, 0.29) is 0 Å². The predicted octanol–water partition coefficient (Wildman–Crippen LogP) is -0.447. The number of rotatable bonds is 1. The van der Waals surface area contributed by atoms with E-state index in [0.29, 0.717) is 6.61 Å². The average Bonchev–Trinajstić information content (AvgIpc) is 2.46. The third kappa shape index (κ3) is 1.13. The molecule has 0 radical (unpaired) electrons. The first-order valence-corrected chi connectivity index (χ1v) is 4.17. The monoisotopic (exact) mass is 168 g/mol. The Kier molecular flexibility index (Phi) is 1.86. The van der Waals surface area contributed by atoms with Crippen molar-refractivity contribution >= 4 is 0 Å². The quantitative estimate of drug-likeness (QED) is 0.533. The Hall–Kier alpha value is -0.870. The molecule has 2 rings (SSSR count). The zero-order valence-corrected chi connectivity index (χ0v) is 7.25. The highest BCUT2D eigenvalue weighted by Gasteiger charge is 2.16. The van der Waals surface area contributed by atoms with Gasteiger partial charge in [-0.1, -0.05) is 0 Å². The molecule has 0 saturated carbocycles. The van der Waals surface area contributed by atoms with E-state index in [9.17, 15) is 0 Å². The molecule has 0 aliphatic carbocycles. The van der Waals surface area contributed by atoms with Crippen LogP contribution in [0.1, 0.15) is 11.5 Å². The summed E-state index contributed by atoms with van der Waals surface area (Å²) in [5.74, 6) is 0.901. The number of fused-ring (bicyclic) bond motifs is 1. The third-order valence-corrected chi connectivity index (χ3v) is 2.32. The molecule has 66 valence electrons. The van der Waals surface area contributed by atoms with Crippen LogP contribution in [-0.4, -0.2) is 33.1 Å². The summed E-state index contributed by atoms with van der Waals surface area (Å²) in [5.41, 5.74) is 1.24. The van der Waals surface area contributed by atoms with Crippen LogP contribution >= 0.6 is 0 Å². The molecule has 0 spiro atoms. The molecule has 1 aliphatic rings. The van der Waals surface area contributed by atoms with Crippen LogP contribution in [0.15, 0.2) is 6.20 Å². The third-order valence-electron chi connectivity index (χ3n) is 2.32. The maximum absolute atomic E-state index is 7.25. The van der Waals surface area contributed by atoms with Crippen LogP contribution in [0.3, 0.4) is 0 Å². The van der Waals surface area contributed by atoms with Crippen LogP contribution in [0.4, 0.5) is 0 Å². The van der Waals surface area contributed by atoms with Gasteiger partial charge in [0.15, 0.2) is 5.82 Å². The molecule has 2 N–H and O–H groups in total. The Labute approximate surface area is 71.4 Å². The van der Waals surface area contributed by atoms with Gasteiger partial charge in [-0.15, -0.1) is 0 Å². The van der Waals surface area contributed by atoms with Crippen molar-refractivity contribution in [3.63, 3.8) is 0 Å². The fourth-order valence-corrected chi connectivity index (χ4v) is 1.62. The highest BCUT2D eigenvalue weighted by molar-refractivity contribution is 5.06. The minimum absolute atomic E-state index is 0.295.